The van der Waals surface area contributed by atoms with Crippen LogP contribution < -0.4 is 5.73 Å². The first-order valence-corrected chi connectivity index (χ1v) is 5.71. The van der Waals surface area contributed by atoms with E-state index in [9.17, 15) is 9.59 Å². The third-order valence-corrected chi connectivity index (χ3v) is 2.68. The lowest BCUT2D eigenvalue weighted by molar-refractivity contribution is -0.131. The van der Waals surface area contributed by atoms with Gasteiger partial charge < -0.3 is 19.9 Å². The van der Waals surface area contributed by atoms with E-state index in [1.807, 2.05) is 13.8 Å². The third-order valence-electron chi connectivity index (χ3n) is 2.68. The standard InChI is InChI=1S/C11H18N4O3/c1-4-14(5-2)8(16)6-15-7-13-9(10(15)12)11(17)18-3/h7H,4-6,12H2,1-3H3. The minimum atomic E-state index is -0.610. The molecule has 1 aromatic rings. The molecule has 0 atom stereocenters. The minimum Gasteiger partial charge on any atom is -0.464 e. The molecule has 1 rings (SSSR count). The van der Waals surface area contributed by atoms with Crippen LogP contribution in [0.2, 0.25) is 0 Å². The van der Waals surface area contributed by atoms with Gasteiger partial charge in [-0.2, -0.15) is 0 Å². The van der Waals surface area contributed by atoms with Gasteiger partial charge in [0, 0.05) is 13.1 Å². The molecule has 0 radical (unpaired) electrons. The number of hydrogen-bond acceptors (Lipinski definition) is 5. The lowest BCUT2D eigenvalue weighted by Gasteiger charge is -2.19. The van der Waals surface area contributed by atoms with Crippen molar-refractivity contribution in [2.45, 2.75) is 20.4 Å². The topological polar surface area (TPSA) is 90.5 Å². The first-order valence-electron chi connectivity index (χ1n) is 5.71. The Morgan fingerprint density at radius 1 is 1.44 bits per heavy atom. The summed E-state index contributed by atoms with van der Waals surface area (Å²) < 4.78 is 5.97. The van der Waals surface area contributed by atoms with Crippen LogP contribution in [0.15, 0.2) is 6.33 Å². The van der Waals surface area contributed by atoms with Gasteiger partial charge in [0.05, 0.1) is 13.4 Å². The summed E-state index contributed by atoms with van der Waals surface area (Å²) >= 11 is 0. The average molecular weight is 254 g/mol. The Kier molecular flexibility index (Phi) is 4.70. The smallest absolute Gasteiger partial charge is 0.360 e. The summed E-state index contributed by atoms with van der Waals surface area (Å²) in [6.45, 7) is 5.14. The van der Waals surface area contributed by atoms with Crippen LogP contribution in [-0.2, 0) is 16.1 Å². The van der Waals surface area contributed by atoms with E-state index in [4.69, 9.17) is 5.73 Å². The van der Waals surface area contributed by atoms with Crippen LogP contribution in [0.5, 0.6) is 0 Å². The predicted molar refractivity (Wildman–Crippen MR) is 65.9 cm³/mol. The van der Waals surface area contributed by atoms with Crippen LogP contribution in [0.3, 0.4) is 0 Å². The normalized spacial score (nSPS) is 10.2. The second-order valence-electron chi connectivity index (χ2n) is 3.66. The molecule has 0 bridgehead atoms. The minimum absolute atomic E-state index is 0.0323. The highest BCUT2D eigenvalue weighted by atomic mass is 16.5. The Hall–Kier alpha value is -2.05. The van der Waals surface area contributed by atoms with E-state index >= 15 is 0 Å². The number of nitrogen functional groups attached to an aromatic ring is 1. The van der Waals surface area contributed by atoms with Crippen LogP contribution in [0.1, 0.15) is 24.3 Å². The van der Waals surface area contributed by atoms with Crippen molar-refractivity contribution in [3.63, 3.8) is 0 Å². The molecule has 0 spiro atoms. The van der Waals surface area contributed by atoms with Gasteiger partial charge in [-0.1, -0.05) is 0 Å². The fraction of sp³-hybridized carbons (Fsp3) is 0.545. The molecule has 7 heteroatoms. The lowest BCUT2D eigenvalue weighted by atomic mass is 10.4. The first kappa shape index (κ1) is 14.0. The molecule has 0 saturated heterocycles. The maximum atomic E-state index is 11.9. The number of amides is 1. The quantitative estimate of drug-likeness (QED) is 0.754. The first-order chi connectivity index (χ1) is 8.54. The number of carbonyl (C=O) groups is 2. The fourth-order valence-electron chi connectivity index (χ4n) is 1.59. The monoisotopic (exact) mass is 254 g/mol. The van der Waals surface area contributed by atoms with Gasteiger partial charge in [-0.15, -0.1) is 0 Å². The van der Waals surface area contributed by atoms with Gasteiger partial charge in [0.1, 0.15) is 12.4 Å². The Morgan fingerprint density at radius 2 is 2.06 bits per heavy atom. The Labute approximate surface area is 106 Å². The molecule has 0 unspecified atom stereocenters. The number of ether oxygens (including phenoxy) is 1. The largest absolute Gasteiger partial charge is 0.464 e. The maximum Gasteiger partial charge on any atom is 0.360 e. The molecule has 100 valence electrons. The number of rotatable bonds is 5. The number of imidazole rings is 1. The second kappa shape index (κ2) is 6.04. The molecule has 1 amide bonds. The van der Waals surface area contributed by atoms with E-state index in [0.717, 1.165) is 0 Å². The number of nitrogens with two attached hydrogens (primary N) is 1. The van der Waals surface area contributed by atoms with E-state index in [1.54, 1.807) is 4.90 Å². The third kappa shape index (κ3) is 2.79. The molecular weight excluding hydrogens is 236 g/mol. The van der Waals surface area contributed by atoms with Crippen LogP contribution in [0, 0.1) is 0 Å². The average Bonchev–Trinajstić information content (AvgIpc) is 2.72. The van der Waals surface area contributed by atoms with Crippen LogP contribution in [0.25, 0.3) is 0 Å². The number of nitrogens with zero attached hydrogens (tertiary/aromatic N) is 3. The fourth-order valence-corrected chi connectivity index (χ4v) is 1.59. The van der Waals surface area contributed by atoms with Crippen molar-refractivity contribution in [1.82, 2.24) is 14.5 Å². The molecule has 1 aromatic heterocycles. The van der Waals surface area contributed by atoms with Gasteiger partial charge in [0.25, 0.3) is 0 Å². The predicted octanol–water partition coefficient (Wildman–Crippen LogP) is 0.120. The molecule has 0 fully saturated rings. The van der Waals surface area contributed by atoms with Crippen LogP contribution in [-0.4, -0.2) is 46.5 Å². The lowest BCUT2D eigenvalue weighted by Crippen LogP contribution is -2.33. The SMILES string of the molecule is CCN(CC)C(=O)Cn1cnc(C(=O)OC)c1N. The molecule has 1 heterocycles. The van der Waals surface area contributed by atoms with Crippen molar-refractivity contribution in [3.8, 4) is 0 Å². The molecule has 0 aromatic carbocycles. The molecule has 7 nitrogen and oxygen atoms in total. The molecule has 0 aliphatic carbocycles. The second-order valence-corrected chi connectivity index (χ2v) is 3.66. The van der Waals surface area contributed by atoms with Crippen molar-refractivity contribution < 1.29 is 14.3 Å². The number of methoxy groups -OCH3 is 1. The van der Waals surface area contributed by atoms with Crippen LogP contribution in [0.4, 0.5) is 5.82 Å². The van der Waals surface area contributed by atoms with Gasteiger partial charge in [0.2, 0.25) is 5.91 Å². The number of aromatic nitrogens is 2. The van der Waals surface area contributed by atoms with E-state index in [2.05, 4.69) is 9.72 Å². The van der Waals surface area contributed by atoms with E-state index in [0.29, 0.717) is 13.1 Å². The molecule has 18 heavy (non-hydrogen) atoms. The molecule has 2 N–H and O–H groups in total. The zero-order valence-corrected chi connectivity index (χ0v) is 10.8. The summed E-state index contributed by atoms with van der Waals surface area (Å²) in [6.07, 6.45) is 1.36. The highest BCUT2D eigenvalue weighted by molar-refractivity contribution is 5.92. The molecule has 0 saturated carbocycles. The van der Waals surface area contributed by atoms with Gasteiger partial charge in [0.15, 0.2) is 5.69 Å². The van der Waals surface area contributed by atoms with E-state index in [-0.39, 0.29) is 24.0 Å². The number of esters is 1. The Bertz CT molecular complexity index is 437. The summed E-state index contributed by atoms with van der Waals surface area (Å²) in [4.78, 5) is 28.7. The van der Waals surface area contributed by atoms with Crippen molar-refractivity contribution >= 4 is 17.7 Å². The number of hydrogen-bond donors (Lipinski definition) is 1. The zero-order valence-electron chi connectivity index (χ0n) is 10.8. The summed E-state index contributed by atoms with van der Waals surface area (Å²) in [5.41, 5.74) is 5.77. The highest BCUT2D eigenvalue weighted by Gasteiger charge is 2.18. The molecule has 0 aliphatic rings. The summed E-state index contributed by atoms with van der Waals surface area (Å²) in [6, 6.07) is 0. The number of carbonyl (C=O) groups excluding carboxylic acids is 2. The van der Waals surface area contributed by atoms with E-state index < -0.39 is 5.97 Å². The van der Waals surface area contributed by atoms with Crippen molar-refractivity contribution in [1.29, 1.82) is 0 Å². The summed E-state index contributed by atoms with van der Waals surface area (Å²) in [7, 11) is 1.25. The van der Waals surface area contributed by atoms with Gasteiger partial charge in [-0.05, 0) is 13.8 Å². The Morgan fingerprint density at radius 3 is 2.56 bits per heavy atom. The maximum absolute atomic E-state index is 11.9. The molecule has 0 aliphatic heterocycles. The van der Waals surface area contributed by atoms with Crippen molar-refractivity contribution in [3.05, 3.63) is 12.0 Å². The summed E-state index contributed by atoms with van der Waals surface area (Å²) in [5.74, 6) is -0.538. The van der Waals surface area contributed by atoms with Gasteiger partial charge in [-0.25, -0.2) is 9.78 Å². The number of anilines is 1. The summed E-state index contributed by atoms with van der Waals surface area (Å²) in [5, 5.41) is 0. The van der Waals surface area contributed by atoms with Crippen LogP contribution >= 0.6 is 0 Å². The van der Waals surface area contributed by atoms with E-state index in [1.165, 1.54) is 18.0 Å². The molecular formula is C11H18N4O3. The van der Waals surface area contributed by atoms with Gasteiger partial charge in [-0.3, -0.25) is 4.79 Å². The van der Waals surface area contributed by atoms with Crippen molar-refractivity contribution in [2.24, 2.45) is 0 Å². The van der Waals surface area contributed by atoms with Gasteiger partial charge >= 0.3 is 5.97 Å². The highest BCUT2D eigenvalue weighted by Crippen LogP contribution is 2.11. The zero-order chi connectivity index (χ0) is 13.7. The van der Waals surface area contributed by atoms with Crippen molar-refractivity contribution in [2.75, 3.05) is 25.9 Å². The Balaban J connectivity index is 2.83. The number of likely N-dealkylation sites (N-methyl/N-ethyl adjacent to an activating group) is 1.